The summed E-state index contributed by atoms with van der Waals surface area (Å²) in [6, 6.07) is 1.67. The summed E-state index contributed by atoms with van der Waals surface area (Å²) in [6.45, 7) is 6.39. The molecule has 9 heteroatoms. The lowest BCUT2D eigenvalue weighted by Crippen LogP contribution is -2.46. The summed E-state index contributed by atoms with van der Waals surface area (Å²) in [7, 11) is 0. The number of rotatable bonds is 3. The number of piperidine rings is 2. The Bertz CT molecular complexity index is 934. The van der Waals surface area contributed by atoms with E-state index < -0.39 is 0 Å². The minimum absolute atomic E-state index is 0.142. The Morgan fingerprint density at radius 3 is 2.71 bits per heavy atom. The first kappa shape index (κ1) is 20.1. The predicted molar refractivity (Wildman–Crippen MR) is 113 cm³/mol. The molecule has 28 heavy (non-hydrogen) atoms. The van der Waals surface area contributed by atoms with E-state index in [1.165, 1.54) is 6.42 Å². The molecular formula is C19H25Cl2N5OS. The van der Waals surface area contributed by atoms with Crippen molar-refractivity contribution >= 4 is 47.0 Å². The van der Waals surface area contributed by atoms with E-state index >= 15 is 0 Å². The number of carbonyl (C=O) groups excluding carboxylic acids is 1. The largest absolute Gasteiger partial charge is 0.342 e. The fourth-order valence-electron chi connectivity index (χ4n) is 4.30. The molecule has 1 atom stereocenters. The van der Waals surface area contributed by atoms with Gasteiger partial charge in [0, 0.05) is 38.3 Å². The van der Waals surface area contributed by atoms with Crippen molar-refractivity contribution in [2.45, 2.75) is 39.3 Å². The van der Waals surface area contributed by atoms with Crippen LogP contribution in [-0.2, 0) is 11.5 Å². The summed E-state index contributed by atoms with van der Waals surface area (Å²) in [6.07, 6.45) is 5.87. The maximum absolute atomic E-state index is 12.8. The zero-order chi connectivity index (χ0) is 19.8. The van der Waals surface area contributed by atoms with Crippen molar-refractivity contribution in [1.82, 2.24) is 24.0 Å². The van der Waals surface area contributed by atoms with Crippen molar-refractivity contribution < 1.29 is 4.79 Å². The number of aromatic nitrogens is 3. The van der Waals surface area contributed by atoms with Crippen molar-refractivity contribution in [2.24, 2.45) is 11.8 Å². The smallest absolute Gasteiger partial charge is 0.225 e. The maximum atomic E-state index is 12.8. The highest BCUT2D eigenvalue weighted by Crippen LogP contribution is 2.25. The van der Waals surface area contributed by atoms with Gasteiger partial charge >= 0.3 is 0 Å². The van der Waals surface area contributed by atoms with E-state index in [4.69, 9.17) is 35.4 Å². The second kappa shape index (κ2) is 8.30. The fourth-order valence-corrected chi connectivity index (χ4v) is 5.04. The summed E-state index contributed by atoms with van der Waals surface area (Å²) in [4.78, 5) is 17.2. The Morgan fingerprint density at radius 1 is 1.25 bits per heavy atom. The number of halogens is 2. The van der Waals surface area contributed by atoms with Gasteiger partial charge in [-0.3, -0.25) is 14.1 Å². The van der Waals surface area contributed by atoms with Crippen molar-refractivity contribution in [2.75, 3.05) is 26.2 Å². The standard InChI is InChI=1S/C19H25Cl2N5OS/c1-13-3-2-6-24(10-13)18(27)14-4-7-23(8-5-14)12-26-19(28)25-11-15(20)9-16(21)17(25)22-26/h9,11,13-14H,2-8,10,12H2,1H3/t13-/m0/s1. The highest BCUT2D eigenvalue weighted by atomic mass is 35.5. The molecule has 0 bridgehead atoms. The molecule has 2 fully saturated rings. The Morgan fingerprint density at radius 2 is 2.00 bits per heavy atom. The molecule has 6 nitrogen and oxygen atoms in total. The van der Waals surface area contributed by atoms with Crippen LogP contribution in [-0.4, -0.2) is 56.1 Å². The van der Waals surface area contributed by atoms with Crippen LogP contribution in [0.5, 0.6) is 0 Å². The van der Waals surface area contributed by atoms with Crippen molar-refractivity contribution in [3.63, 3.8) is 0 Å². The van der Waals surface area contributed by atoms with Crippen LogP contribution in [0.15, 0.2) is 12.3 Å². The molecule has 4 heterocycles. The SMILES string of the molecule is C[C@H]1CCCN(C(=O)C2CCN(Cn3nc4c(Cl)cc(Cl)cn4c3=S)CC2)C1. The number of fused-ring (bicyclic) bond motifs is 1. The molecule has 2 aromatic heterocycles. The Kier molecular flexibility index (Phi) is 5.97. The second-order valence-electron chi connectivity index (χ2n) is 8.05. The van der Waals surface area contributed by atoms with Gasteiger partial charge in [0.1, 0.15) is 0 Å². The highest BCUT2D eigenvalue weighted by molar-refractivity contribution is 7.71. The second-order valence-corrected chi connectivity index (χ2v) is 9.26. The van der Waals surface area contributed by atoms with Gasteiger partial charge in [-0.15, -0.1) is 5.10 Å². The Balaban J connectivity index is 1.39. The van der Waals surface area contributed by atoms with E-state index in [1.807, 2.05) is 0 Å². The van der Waals surface area contributed by atoms with E-state index in [0.29, 0.717) is 39.0 Å². The van der Waals surface area contributed by atoms with Crippen LogP contribution in [0.3, 0.4) is 0 Å². The van der Waals surface area contributed by atoms with Gasteiger partial charge in [-0.1, -0.05) is 30.1 Å². The molecule has 4 rings (SSSR count). The van der Waals surface area contributed by atoms with Crippen LogP contribution in [0.1, 0.15) is 32.6 Å². The average molecular weight is 442 g/mol. The van der Waals surface area contributed by atoms with Gasteiger partial charge in [0.05, 0.1) is 16.7 Å². The predicted octanol–water partition coefficient (Wildman–Crippen LogP) is 4.10. The van der Waals surface area contributed by atoms with Gasteiger partial charge in [-0.25, -0.2) is 4.68 Å². The van der Waals surface area contributed by atoms with Gasteiger partial charge in [0.2, 0.25) is 10.7 Å². The summed E-state index contributed by atoms with van der Waals surface area (Å²) in [5.41, 5.74) is 0.611. The number of nitrogens with zero attached hydrogens (tertiary/aromatic N) is 5. The lowest BCUT2D eigenvalue weighted by Gasteiger charge is -2.37. The van der Waals surface area contributed by atoms with Gasteiger partial charge in [-0.2, -0.15) is 0 Å². The highest BCUT2D eigenvalue weighted by Gasteiger charge is 2.30. The molecule has 2 aliphatic rings. The number of hydrogen-bond donors (Lipinski definition) is 0. The first-order valence-corrected chi connectivity index (χ1v) is 11.0. The molecule has 0 N–H and O–H groups in total. The monoisotopic (exact) mass is 441 g/mol. The van der Waals surface area contributed by atoms with Gasteiger partial charge in [0.25, 0.3) is 0 Å². The summed E-state index contributed by atoms with van der Waals surface area (Å²) >= 11 is 17.9. The molecule has 2 aliphatic heterocycles. The first-order chi connectivity index (χ1) is 13.4. The van der Waals surface area contributed by atoms with E-state index in [0.717, 1.165) is 45.4 Å². The molecule has 2 aromatic rings. The number of carbonyl (C=O) groups is 1. The normalized spacial score (nSPS) is 22.1. The Hall–Kier alpha value is -1.15. The zero-order valence-corrected chi connectivity index (χ0v) is 18.3. The molecule has 0 aromatic carbocycles. The van der Waals surface area contributed by atoms with Gasteiger partial charge in [0.15, 0.2) is 5.65 Å². The van der Waals surface area contributed by atoms with Crippen molar-refractivity contribution in [1.29, 1.82) is 0 Å². The molecule has 2 saturated heterocycles. The molecule has 0 unspecified atom stereocenters. The lowest BCUT2D eigenvalue weighted by atomic mass is 9.93. The zero-order valence-electron chi connectivity index (χ0n) is 16.0. The average Bonchev–Trinajstić information content (AvgIpc) is 2.98. The molecule has 0 saturated carbocycles. The third-order valence-electron chi connectivity index (χ3n) is 5.84. The molecule has 152 valence electrons. The topological polar surface area (TPSA) is 45.8 Å². The van der Waals surface area contributed by atoms with Gasteiger partial charge in [-0.05, 0) is 49.9 Å². The Labute approximate surface area is 180 Å². The van der Waals surface area contributed by atoms with Crippen LogP contribution in [0.25, 0.3) is 5.65 Å². The molecule has 0 aliphatic carbocycles. The maximum Gasteiger partial charge on any atom is 0.225 e. The quantitative estimate of drug-likeness (QED) is 0.672. The number of hydrogen-bond acceptors (Lipinski definition) is 4. The number of pyridine rings is 1. The van der Waals surface area contributed by atoms with E-state index in [2.05, 4.69) is 21.8 Å². The van der Waals surface area contributed by atoms with Crippen LogP contribution in [0.4, 0.5) is 0 Å². The minimum atomic E-state index is 0.142. The van der Waals surface area contributed by atoms with Crippen molar-refractivity contribution in [3.8, 4) is 0 Å². The van der Waals surface area contributed by atoms with E-state index in [1.54, 1.807) is 21.3 Å². The lowest BCUT2D eigenvalue weighted by molar-refractivity contribution is -0.139. The molecule has 0 radical (unpaired) electrons. The van der Waals surface area contributed by atoms with Crippen LogP contribution in [0.2, 0.25) is 10.0 Å². The van der Waals surface area contributed by atoms with E-state index in [-0.39, 0.29) is 5.92 Å². The summed E-state index contributed by atoms with van der Waals surface area (Å²) < 4.78 is 4.09. The fraction of sp³-hybridized carbons (Fsp3) is 0.632. The van der Waals surface area contributed by atoms with E-state index in [9.17, 15) is 4.79 Å². The van der Waals surface area contributed by atoms with Crippen molar-refractivity contribution in [3.05, 3.63) is 27.1 Å². The molecule has 0 spiro atoms. The minimum Gasteiger partial charge on any atom is -0.342 e. The number of likely N-dealkylation sites (tertiary alicyclic amines) is 2. The van der Waals surface area contributed by atoms with Crippen LogP contribution in [0, 0.1) is 16.6 Å². The third-order valence-corrected chi connectivity index (χ3v) is 6.73. The van der Waals surface area contributed by atoms with Gasteiger partial charge < -0.3 is 4.90 Å². The van der Waals surface area contributed by atoms with Crippen LogP contribution < -0.4 is 0 Å². The third kappa shape index (κ3) is 4.08. The first-order valence-electron chi connectivity index (χ1n) is 9.87. The molecule has 1 amide bonds. The number of amides is 1. The summed E-state index contributed by atoms with van der Waals surface area (Å²) in [5, 5.41) is 5.56. The molecular weight excluding hydrogens is 417 g/mol. The summed E-state index contributed by atoms with van der Waals surface area (Å²) in [5.74, 6) is 1.11. The van der Waals surface area contributed by atoms with Crippen LogP contribution >= 0.6 is 35.4 Å².